The van der Waals surface area contributed by atoms with Gasteiger partial charge in [-0.2, -0.15) is 10.2 Å². The van der Waals surface area contributed by atoms with Gasteiger partial charge in [-0.3, -0.25) is 4.68 Å². The number of anilines is 1. The SMILES string of the molecule is c1cc(NC2CC3(CNC3)C2)nc(-c2cnc3ccc(-c4cnn(C5CCOCC5)c4)nn23)c1. The van der Waals surface area contributed by atoms with E-state index in [1.807, 2.05) is 47.2 Å². The molecule has 2 N–H and O–H groups in total. The van der Waals surface area contributed by atoms with E-state index in [0.29, 0.717) is 17.5 Å². The van der Waals surface area contributed by atoms with Gasteiger partial charge >= 0.3 is 0 Å². The highest BCUT2D eigenvalue weighted by atomic mass is 16.5. The number of aromatic nitrogens is 6. The third-order valence-corrected chi connectivity index (χ3v) is 7.55. The van der Waals surface area contributed by atoms with Crippen molar-refractivity contribution in [2.24, 2.45) is 5.41 Å². The first-order valence-electron chi connectivity index (χ1n) is 12.2. The third kappa shape index (κ3) is 3.47. The molecule has 0 atom stereocenters. The Labute approximate surface area is 197 Å². The normalized spacial score (nSPS) is 20.4. The van der Waals surface area contributed by atoms with Crippen LogP contribution in [0.3, 0.4) is 0 Å². The average molecular weight is 457 g/mol. The number of fused-ring (bicyclic) bond motifs is 1. The molecule has 174 valence electrons. The minimum absolute atomic E-state index is 0.389. The van der Waals surface area contributed by atoms with E-state index < -0.39 is 0 Å². The zero-order valence-corrected chi connectivity index (χ0v) is 19.0. The third-order valence-electron chi connectivity index (χ3n) is 7.55. The van der Waals surface area contributed by atoms with Crippen LogP contribution in [0.25, 0.3) is 28.3 Å². The quantitative estimate of drug-likeness (QED) is 0.476. The van der Waals surface area contributed by atoms with Crippen LogP contribution in [0.1, 0.15) is 31.7 Å². The second-order valence-corrected chi connectivity index (χ2v) is 9.95. The van der Waals surface area contributed by atoms with Crippen molar-refractivity contribution < 1.29 is 4.74 Å². The van der Waals surface area contributed by atoms with Gasteiger partial charge in [-0.05, 0) is 55.4 Å². The summed E-state index contributed by atoms with van der Waals surface area (Å²) < 4.78 is 9.42. The standard InChI is InChI=1S/C25H28N8O/c1-2-21(30-23(3-1)29-18-10-25(11-18)15-26-16-25)22-13-27-24-5-4-20(31-33(22)24)17-12-28-32(14-17)19-6-8-34-9-7-19/h1-5,12-14,18-19,26H,6-11,15-16H2,(H,29,30). The van der Waals surface area contributed by atoms with Gasteiger partial charge in [-0.15, -0.1) is 0 Å². The molecule has 0 amide bonds. The van der Waals surface area contributed by atoms with Crippen LogP contribution in [0, 0.1) is 5.41 Å². The molecular weight excluding hydrogens is 428 g/mol. The lowest BCUT2D eigenvalue weighted by atomic mass is 9.62. The number of imidazole rings is 1. The van der Waals surface area contributed by atoms with E-state index in [1.165, 1.54) is 12.8 Å². The molecule has 3 fully saturated rings. The molecule has 0 aromatic carbocycles. The zero-order chi connectivity index (χ0) is 22.5. The van der Waals surface area contributed by atoms with Crippen molar-refractivity contribution in [2.45, 2.75) is 37.8 Å². The van der Waals surface area contributed by atoms with Crippen LogP contribution >= 0.6 is 0 Å². The first kappa shape index (κ1) is 20.1. The molecule has 9 nitrogen and oxygen atoms in total. The molecular formula is C25H28N8O. The molecule has 2 saturated heterocycles. The lowest BCUT2D eigenvalue weighted by Crippen LogP contribution is -2.63. The number of ether oxygens (including phenoxy) is 1. The Hall–Kier alpha value is -3.30. The highest BCUT2D eigenvalue weighted by Gasteiger charge is 2.48. The summed E-state index contributed by atoms with van der Waals surface area (Å²) in [4.78, 5) is 9.45. The van der Waals surface area contributed by atoms with Crippen LogP contribution in [-0.4, -0.2) is 61.7 Å². The van der Waals surface area contributed by atoms with Gasteiger partial charge in [-0.1, -0.05) is 6.07 Å². The summed E-state index contributed by atoms with van der Waals surface area (Å²) >= 11 is 0. The molecule has 9 heteroatoms. The smallest absolute Gasteiger partial charge is 0.154 e. The van der Waals surface area contributed by atoms with Gasteiger partial charge in [0, 0.05) is 44.1 Å². The van der Waals surface area contributed by atoms with Crippen molar-refractivity contribution in [2.75, 3.05) is 31.6 Å². The van der Waals surface area contributed by atoms with E-state index in [9.17, 15) is 0 Å². The van der Waals surface area contributed by atoms with Crippen molar-refractivity contribution in [3.8, 4) is 22.6 Å². The fourth-order valence-corrected chi connectivity index (χ4v) is 5.54. The zero-order valence-electron chi connectivity index (χ0n) is 19.0. The van der Waals surface area contributed by atoms with Gasteiger partial charge in [0.1, 0.15) is 11.5 Å². The van der Waals surface area contributed by atoms with Crippen LogP contribution in [-0.2, 0) is 4.74 Å². The Bertz CT molecular complexity index is 1330. The number of hydrogen-bond acceptors (Lipinski definition) is 7. The molecule has 1 spiro atoms. The lowest BCUT2D eigenvalue weighted by Gasteiger charge is -2.54. The second-order valence-electron chi connectivity index (χ2n) is 9.95. The molecule has 1 aliphatic carbocycles. The fraction of sp³-hybridized carbons (Fsp3) is 0.440. The Morgan fingerprint density at radius 1 is 1.03 bits per heavy atom. The highest BCUT2D eigenvalue weighted by molar-refractivity contribution is 5.64. The maximum absolute atomic E-state index is 5.49. The van der Waals surface area contributed by atoms with Gasteiger partial charge in [0.25, 0.3) is 0 Å². The lowest BCUT2D eigenvalue weighted by molar-refractivity contribution is 0.0469. The molecule has 7 rings (SSSR count). The summed E-state index contributed by atoms with van der Waals surface area (Å²) in [7, 11) is 0. The van der Waals surface area contributed by atoms with Gasteiger partial charge in [0.2, 0.25) is 0 Å². The van der Waals surface area contributed by atoms with E-state index in [-0.39, 0.29) is 0 Å². The molecule has 2 aliphatic heterocycles. The summed E-state index contributed by atoms with van der Waals surface area (Å²) in [6.07, 6.45) is 10.3. The maximum Gasteiger partial charge on any atom is 0.154 e. The van der Waals surface area contributed by atoms with E-state index in [0.717, 1.165) is 73.3 Å². The fourth-order valence-electron chi connectivity index (χ4n) is 5.54. The topological polar surface area (TPSA) is 94.2 Å². The first-order valence-corrected chi connectivity index (χ1v) is 12.2. The molecule has 0 bridgehead atoms. The van der Waals surface area contributed by atoms with Gasteiger partial charge in [-0.25, -0.2) is 14.5 Å². The molecule has 1 saturated carbocycles. The minimum Gasteiger partial charge on any atom is -0.381 e. The van der Waals surface area contributed by atoms with E-state index >= 15 is 0 Å². The van der Waals surface area contributed by atoms with Crippen LogP contribution in [0.15, 0.2) is 48.9 Å². The van der Waals surface area contributed by atoms with Gasteiger partial charge in [0.05, 0.1) is 29.8 Å². The molecule has 4 aromatic rings. The van der Waals surface area contributed by atoms with E-state index in [2.05, 4.69) is 31.6 Å². The predicted octanol–water partition coefficient (Wildman–Crippen LogP) is 3.17. The molecule has 6 heterocycles. The van der Waals surface area contributed by atoms with Gasteiger partial charge < -0.3 is 15.4 Å². The second kappa shape index (κ2) is 7.89. The van der Waals surface area contributed by atoms with Gasteiger partial charge in [0.15, 0.2) is 5.65 Å². The summed E-state index contributed by atoms with van der Waals surface area (Å²) in [6.45, 7) is 3.90. The summed E-state index contributed by atoms with van der Waals surface area (Å²) in [5.74, 6) is 0.911. The highest BCUT2D eigenvalue weighted by Crippen LogP contribution is 2.45. The summed E-state index contributed by atoms with van der Waals surface area (Å²) in [6, 6.07) is 11.0. The van der Waals surface area contributed by atoms with E-state index in [1.54, 1.807) is 0 Å². The molecule has 0 radical (unpaired) electrons. The Balaban J connectivity index is 1.15. The number of pyridine rings is 1. The number of hydrogen-bond donors (Lipinski definition) is 2. The van der Waals surface area contributed by atoms with Crippen LogP contribution in [0.2, 0.25) is 0 Å². The number of nitrogens with zero attached hydrogens (tertiary/aromatic N) is 6. The minimum atomic E-state index is 0.389. The number of nitrogens with one attached hydrogen (secondary N) is 2. The molecule has 34 heavy (non-hydrogen) atoms. The summed E-state index contributed by atoms with van der Waals surface area (Å²) in [5, 5.41) is 16.5. The van der Waals surface area contributed by atoms with E-state index in [4.69, 9.17) is 14.8 Å². The largest absolute Gasteiger partial charge is 0.381 e. The Morgan fingerprint density at radius 3 is 2.74 bits per heavy atom. The molecule has 0 unspecified atom stereocenters. The van der Waals surface area contributed by atoms with Crippen molar-refractivity contribution in [3.05, 3.63) is 48.9 Å². The van der Waals surface area contributed by atoms with Crippen LogP contribution in [0.5, 0.6) is 0 Å². The first-order chi connectivity index (χ1) is 16.7. The summed E-state index contributed by atoms with van der Waals surface area (Å²) in [5.41, 5.74) is 4.95. The van der Waals surface area contributed by atoms with Crippen molar-refractivity contribution >= 4 is 11.5 Å². The van der Waals surface area contributed by atoms with Crippen molar-refractivity contribution in [1.29, 1.82) is 0 Å². The predicted molar refractivity (Wildman–Crippen MR) is 128 cm³/mol. The number of rotatable bonds is 5. The average Bonchev–Trinajstić information content (AvgIpc) is 3.48. The molecule has 3 aliphatic rings. The van der Waals surface area contributed by atoms with Crippen LogP contribution < -0.4 is 10.6 Å². The maximum atomic E-state index is 5.49. The molecule has 4 aromatic heterocycles. The van der Waals surface area contributed by atoms with Crippen molar-refractivity contribution in [3.63, 3.8) is 0 Å². The Kier molecular flexibility index (Phi) is 4.66. The van der Waals surface area contributed by atoms with Crippen LogP contribution in [0.4, 0.5) is 5.82 Å². The monoisotopic (exact) mass is 456 g/mol. The van der Waals surface area contributed by atoms with Crippen molar-refractivity contribution in [1.82, 2.24) is 34.7 Å². The Morgan fingerprint density at radius 2 is 1.91 bits per heavy atom.